The molecule has 2 heterocycles. The molecule has 0 unspecified atom stereocenters. The van der Waals surface area contributed by atoms with Crippen LogP contribution in [0.5, 0.6) is 11.6 Å². The fourth-order valence-corrected chi connectivity index (χ4v) is 3.85. The number of H-pyrrole nitrogens is 1. The Morgan fingerprint density at radius 3 is 2.66 bits per heavy atom. The lowest BCUT2D eigenvalue weighted by molar-refractivity contribution is 0.378. The normalized spacial score (nSPS) is 15.6. The first-order valence-corrected chi connectivity index (χ1v) is 9.09. The molecule has 6 heteroatoms. The zero-order valence-corrected chi connectivity index (χ0v) is 15.3. The number of hydrogen-bond acceptors (Lipinski definition) is 5. The number of nitriles is 1. The fourth-order valence-electron chi connectivity index (χ4n) is 3.85. The summed E-state index contributed by atoms with van der Waals surface area (Å²) in [5.41, 5.74) is 9.42. The molecule has 29 heavy (non-hydrogen) atoms. The number of phenolic OH excluding ortho intramolecular Hbond substituents is 1. The molecule has 0 radical (unpaired) electrons. The first-order valence-electron chi connectivity index (χ1n) is 9.09. The van der Waals surface area contributed by atoms with E-state index < -0.39 is 5.92 Å². The molecule has 0 amide bonds. The zero-order chi connectivity index (χ0) is 20.0. The van der Waals surface area contributed by atoms with Gasteiger partial charge in [0.2, 0.25) is 11.8 Å². The minimum Gasteiger partial charge on any atom is -0.508 e. The number of hydrogen-bond donors (Lipinski definition) is 3. The van der Waals surface area contributed by atoms with Gasteiger partial charge in [-0.3, -0.25) is 5.10 Å². The van der Waals surface area contributed by atoms with Crippen molar-refractivity contribution in [2.45, 2.75) is 5.92 Å². The standard InChI is InChI=1S/C23H16N4O2/c24-12-18-19(15-6-3-7-17(28)11-15)20-21(26-27-23(20)29-22(18)25)16-9-8-13-4-1-2-5-14(13)10-16/h1-11,19,28H,25H2,(H,26,27)/t19-/m1/s1. The minimum absolute atomic E-state index is 0.0184. The van der Waals surface area contributed by atoms with Crippen LogP contribution in [0.4, 0.5) is 0 Å². The van der Waals surface area contributed by atoms with Crippen molar-refractivity contribution in [3.05, 3.63) is 89.3 Å². The largest absolute Gasteiger partial charge is 0.508 e. The Morgan fingerprint density at radius 2 is 1.86 bits per heavy atom. The Hall–Kier alpha value is -4.24. The second kappa shape index (κ2) is 6.43. The number of benzene rings is 3. The van der Waals surface area contributed by atoms with Gasteiger partial charge in [0.15, 0.2) is 0 Å². The highest BCUT2D eigenvalue weighted by molar-refractivity contribution is 5.87. The molecule has 5 rings (SSSR count). The summed E-state index contributed by atoms with van der Waals surface area (Å²) in [4.78, 5) is 0. The van der Waals surface area contributed by atoms with Crippen molar-refractivity contribution in [2.24, 2.45) is 5.73 Å². The highest BCUT2D eigenvalue weighted by atomic mass is 16.5. The highest BCUT2D eigenvalue weighted by Crippen LogP contribution is 2.46. The van der Waals surface area contributed by atoms with Crippen LogP contribution in [0, 0.1) is 11.3 Å². The van der Waals surface area contributed by atoms with E-state index in [0.29, 0.717) is 5.88 Å². The molecule has 1 aliphatic heterocycles. The molecule has 4 N–H and O–H groups in total. The average molecular weight is 380 g/mol. The lowest BCUT2D eigenvalue weighted by Gasteiger charge is -2.24. The van der Waals surface area contributed by atoms with Crippen molar-refractivity contribution in [3.63, 3.8) is 0 Å². The van der Waals surface area contributed by atoms with Crippen molar-refractivity contribution in [1.82, 2.24) is 10.2 Å². The van der Waals surface area contributed by atoms with Crippen molar-refractivity contribution in [2.75, 3.05) is 0 Å². The van der Waals surface area contributed by atoms with E-state index in [1.54, 1.807) is 18.2 Å². The van der Waals surface area contributed by atoms with Gasteiger partial charge in [0, 0.05) is 5.56 Å². The number of aromatic amines is 1. The smallest absolute Gasteiger partial charge is 0.244 e. The Kier molecular flexibility index (Phi) is 3.75. The molecule has 1 aromatic heterocycles. The van der Waals surface area contributed by atoms with Gasteiger partial charge in [-0.1, -0.05) is 48.5 Å². The van der Waals surface area contributed by atoms with Gasteiger partial charge in [-0.05, 0) is 34.5 Å². The Balaban J connectivity index is 1.74. The fraction of sp³-hybridized carbons (Fsp3) is 0.0435. The molecule has 140 valence electrons. The topological polar surface area (TPSA) is 108 Å². The maximum absolute atomic E-state index is 9.99. The third-order valence-electron chi connectivity index (χ3n) is 5.18. The quantitative estimate of drug-likeness (QED) is 0.484. The number of fused-ring (bicyclic) bond motifs is 2. The number of nitrogens with two attached hydrogens (primary N) is 1. The van der Waals surface area contributed by atoms with Gasteiger partial charge in [0.05, 0.1) is 17.2 Å². The van der Waals surface area contributed by atoms with Crippen LogP contribution in [0.25, 0.3) is 22.0 Å². The Labute approximate surface area is 166 Å². The van der Waals surface area contributed by atoms with E-state index in [2.05, 4.69) is 28.4 Å². The van der Waals surface area contributed by atoms with Crippen LogP contribution in [0.1, 0.15) is 17.0 Å². The van der Waals surface area contributed by atoms with E-state index in [1.165, 1.54) is 0 Å². The molecule has 0 fully saturated rings. The maximum Gasteiger partial charge on any atom is 0.244 e. The number of aromatic nitrogens is 2. The first-order chi connectivity index (χ1) is 14.2. The molecule has 0 saturated heterocycles. The molecule has 3 aromatic carbocycles. The van der Waals surface area contributed by atoms with Crippen molar-refractivity contribution in [3.8, 4) is 29.0 Å². The first kappa shape index (κ1) is 16.9. The third-order valence-corrected chi connectivity index (χ3v) is 5.18. The number of nitrogens with zero attached hydrogens (tertiary/aromatic N) is 2. The predicted molar refractivity (Wildman–Crippen MR) is 109 cm³/mol. The Bertz CT molecular complexity index is 1330. The van der Waals surface area contributed by atoms with Crippen LogP contribution in [-0.4, -0.2) is 15.3 Å². The van der Waals surface area contributed by atoms with Crippen molar-refractivity contribution >= 4 is 10.8 Å². The van der Waals surface area contributed by atoms with Gasteiger partial charge in [-0.2, -0.15) is 5.26 Å². The van der Waals surface area contributed by atoms with Gasteiger partial charge in [-0.25, -0.2) is 0 Å². The number of allylic oxidation sites excluding steroid dienone is 1. The van der Waals surface area contributed by atoms with Crippen LogP contribution in [0.2, 0.25) is 0 Å². The molecular formula is C23H16N4O2. The molecule has 0 bridgehead atoms. The number of ether oxygens (including phenoxy) is 1. The molecule has 1 aliphatic rings. The summed E-state index contributed by atoms with van der Waals surface area (Å²) >= 11 is 0. The number of nitrogens with one attached hydrogen (secondary N) is 1. The molecule has 6 nitrogen and oxygen atoms in total. The summed E-state index contributed by atoms with van der Waals surface area (Å²) in [5.74, 6) is -0.0406. The van der Waals surface area contributed by atoms with E-state index in [-0.39, 0.29) is 17.2 Å². The highest BCUT2D eigenvalue weighted by Gasteiger charge is 2.35. The minimum atomic E-state index is -0.504. The van der Waals surface area contributed by atoms with Gasteiger partial charge in [0.1, 0.15) is 17.4 Å². The summed E-state index contributed by atoms with van der Waals surface area (Å²) in [5, 5.41) is 29.3. The number of rotatable bonds is 2. The van der Waals surface area contributed by atoms with E-state index in [9.17, 15) is 10.4 Å². The second-order valence-corrected chi connectivity index (χ2v) is 6.90. The summed E-state index contributed by atoms with van der Waals surface area (Å²) < 4.78 is 5.64. The number of aromatic hydroxyl groups is 1. The maximum atomic E-state index is 9.99. The summed E-state index contributed by atoms with van der Waals surface area (Å²) in [6.07, 6.45) is 0. The zero-order valence-electron chi connectivity index (χ0n) is 15.3. The van der Waals surface area contributed by atoms with Crippen LogP contribution in [0.3, 0.4) is 0 Å². The third kappa shape index (κ3) is 2.68. The van der Waals surface area contributed by atoms with Gasteiger partial charge < -0.3 is 15.6 Å². The second-order valence-electron chi connectivity index (χ2n) is 6.90. The van der Waals surface area contributed by atoms with Gasteiger partial charge in [-0.15, -0.1) is 5.10 Å². The summed E-state index contributed by atoms with van der Waals surface area (Å²) in [7, 11) is 0. The number of phenols is 1. The average Bonchev–Trinajstić information content (AvgIpc) is 3.15. The molecular weight excluding hydrogens is 364 g/mol. The lowest BCUT2D eigenvalue weighted by atomic mass is 9.83. The van der Waals surface area contributed by atoms with E-state index in [4.69, 9.17) is 10.5 Å². The van der Waals surface area contributed by atoms with E-state index in [0.717, 1.165) is 33.2 Å². The van der Waals surface area contributed by atoms with Gasteiger partial charge >= 0.3 is 0 Å². The predicted octanol–water partition coefficient (Wildman–Crippen LogP) is 4.15. The van der Waals surface area contributed by atoms with E-state index in [1.807, 2.05) is 36.4 Å². The summed E-state index contributed by atoms with van der Waals surface area (Å²) in [6, 6.07) is 23.2. The van der Waals surface area contributed by atoms with Crippen LogP contribution < -0.4 is 10.5 Å². The Morgan fingerprint density at radius 1 is 1.03 bits per heavy atom. The van der Waals surface area contributed by atoms with E-state index >= 15 is 0 Å². The molecule has 0 saturated carbocycles. The molecule has 0 spiro atoms. The summed E-state index contributed by atoms with van der Waals surface area (Å²) in [6.45, 7) is 0. The molecule has 0 aliphatic carbocycles. The lowest BCUT2D eigenvalue weighted by Crippen LogP contribution is -2.20. The SMILES string of the molecule is N#CC1=C(N)Oc2n[nH]c(-c3ccc4ccccc4c3)c2[C@@H]1c1cccc(O)c1. The monoisotopic (exact) mass is 380 g/mol. The van der Waals surface area contributed by atoms with Crippen LogP contribution in [0.15, 0.2) is 78.2 Å². The van der Waals surface area contributed by atoms with Crippen LogP contribution >= 0.6 is 0 Å². The van der Waals surface area contributed by atoms with Crippen LogP contribution in [-0.2, 0) is 0 Å². The van der Waals surface area contributed by atoms with Crippen molar-refractivity contribution < 1.29 is 9.84 Å². The molecule has 1 atom stereocenters. The molecule has 4 aromatic rings. The van der Waals surface area contributed by atoms with Crippen molar-refractivity contribution in [1.29, 1.82) is 5.26 Å². The van der Waals surface area contributed by atoms with Gasteiger partial charge in [0.25, 0.3) is 0 Å².